The van der Waals surface area contributed by atoms with Crippen LogP contribution in [0, 0.1) is 0 Å². The summed E-state index contributed by atoms with van der Waals surface area (Å²) >= 11 is 5.88. The Morgan fingerprint density at radius 3 is 2.31 bits per heavy atom. The van der Waals surface area contributed by atoms with Gasteiger partial charge in [-0.25, -0.2) is 0 Å². The first kappa shape index (κ1) is 14.4. The number of amidine groups is 1. The maximum atomic E-state index is 10.9. The van der Waals surface area contributed by atoms with Gasteiger partial charge in [0.05, 0.1) is 0 Å². The Hall–Kier alpha value is 1.43. The van der Waals surface area contributed by atoms with E-state index in [4.69, 9.17) is 0 Å². The second-order valence-electron chi connectivity index (χ2n) is 1.71. The topological polar surface area (TPSA) is 50.7 Å². The molecular weight excluding hydrogens is 855 g/mol. The van der Waals surface area contributed by atoms with Gasteiger partial charge in [-0.3, -0.25) is 0 Å². The minimum absolute atomic E-state index is 0.308. The summed E-state index contributed by atoms with van der Waals surface area (Å²) in [5.74, 6) is -0.0949. The number of nitrogens with one attached hydrogen (secondary N) is 1. The predicted molar refractivity (Wildman–Crippen MR) is 32.6 cm³/mol. The molecule has 4 nitrogen and oxygen atoms in total. The number of carbonyl (C=O) groups excluding carboxylic acids is 1. The van der Waals surface area contributed by atoms with Crippen LogP contribution >= 0.6 is 0 Å². The second kappa shape index (κ2) is 7.69. The van der Waals surface area contributed by atoms with E-state index in [0.717, 1.165) is 8.04 Å². The molecule has 70 valence electrons. The van der Waals surface area contributed by atoms with Crippen LogP contribution in [0.25, 0.3) is 0 Å². The Kier molecular flexibility index (Phi) is 8.54. The molecule has 1 aliphatic rings. The number of esters is 1. The SMILES string of the molecule is COC(=O)C1=N[C](=[W])[C](=[W])N1.[W]=[W]. The number of aliphatic imine (C=N–C) groups is 1. The molecule has 0 aliphatic carbocycles. The van der Waals surface area contributed by atoms with Crippen molar-refractivity contribution in [1.82, 2.24) is 5.32 Å². The molecule has 1 heterocycles. The van der Waals surface area contributed by atoms with Crippen LogP contribution < -0.4 is 5.32 Å². The quantitative estimate of drug-likeness (QED) is 0.328. The molecule has 0 aromatic rings. The van der Waals surface area contributed by atoms with Gasteiger partial charge in [0.1, 0.15) is 0 Å². The normalized spacial score (nSPS) is 13.8. The zero-order valence-corrected chi connectivity index (χ0v) is 18.1. The minimum atomic E-state index is -0.403. The Morgan fingerprint density at radius 1 is 1.46 bits per heavy atom. The third-order valence-electron chi connectivity index (χ3n) is 1.02. The van der Waals surface area contributed by atoms with E-state index in [1.165, 1.54) is 45.8 Å². The Balaban J connectivity index is 0.000000671. The molecule has 0 radical (unpaired) electrons. The third kappa shape index (κ3) is 4.65. The van der Waals surface area contributed by atoms with Crippen molar-refractivity contribution in [3.63, 3.8) is 0 Å². The number of hydrogen-bond donors (Lipinski definition) is 1. The molecule has 0 amide bonds. The standard InChI is InChI=1S/C5H4N2O2.4W/c1-9-5(8)4-6-2-3-7-4;;;;/h6H,1H3;;;;. The molecule has 0 aromatic carbocycles. The molecule has 0 saturated carbocycles. The van der Waals surface area contributed by atoms with E-state index in [-0.39, 0.29) is 0 Å². The molecule has 1 aliphatic heterocycles. The number of nitrogens with zero attached hydrogens (tertiary/aromatic N) is 1. The van der Waals surface area contributed by atoms with Gasteiger partial charge in [0.2, 0.25) is 0 Å². The average molecular weight is 859 g/mol. The van der Waals surface area contributed by atoms with E-state index >= 15 is 0 Å². The van der Waals surface area contributed by atoms with Crippen LogP contribution in [0.3, 0.4) is 0 Å². The summed E-state index contributed by atoms with van der Waals surface area (Å²) in [7, 11) is 1.34. The van der Waals surface area contributed by atoms with Crippen molar-refractivity contribution in [2.24, 2.45) is 4.99 Å². The van der Waals surface area contributed by atoms with Gasteiger partial charge < -0.3 is 0 Å². The fourth-order valence-corrected chi connectivity index (χ4v) is 1.56. The van der Waals surface area contributed by atoms with Crippen LogP contribution in [-0.4, -0.2) is 27.0 Å². The van der Waals surface area contributed by atoms with Gasteiger partial charge in [0, 0.05) is 0 Å². The fraction of sp³-hybridized carbons (Fsp3) is 0.200. The van der Waals surface area contributed by atoms with Gasteiger partial charge in [-0.15, -0.1) is 0 Å². The van der Waals surface area contributed by atoms with Crippen molar-refractivity contribution in [3.8, 4) is 0 Å². The van der Waals surface area contributed by atoms with Crippen molar-refractivity contribution >= 4 is 19.8 Å². The van der Waals surface area contributed by atoms with Crippen LogP contribution in [-0.2, 0) is 80.7 Å². The number of rotatable bonds is 1. The van der Waals surface area contributed by atoms with Crippen molar-refractivity contribution in [1.29, 1.82) is 0 Å². The van der Waals surface area contributed by atoms with Crippen LogP contribution in [0.5, 0.6) is 0 Å². The van der Waals surface area contributed by atoms with Crippen LogP contribution in [0.2, 0.25) is 0 Å². The molecule has 1 N–H and O–H groups in total. The molecule has 1 rings (SSSR count). The fourth-order valence-electron chi connectivity index (χ4n) is 0.535. The molecule has 0 aromatic heterocycles. The van der Waals surface area contributed by atoms with Crippen LogP contribution in [0.1, 0.15) is 0 Å². The van der Waals surface area contributed by atoms with Crippen molar-refractivity contribution in [2.45, 2.75) is 0 Å². The van der Waals surface area contributed by atoms with Gasteiger partial charge in [-0.2, -0.15) is 0 Å². The molecule has 0 atom stereocenters. The average Bonchev–Trinajstić information content (AvgIpc) is 2.49. The van der Waals surface area contributed by atoms with Gasteiger partial charge in [-0.1, -0.05) is 0 Å². The van der Waals surface area contributed by atoms with Crippen molar-refractivity contribution in [3.05, 3.63) is 0 Å². The molecule has 8 heteroatoms. The molecule has 13 heavy (non-hydrogen) atoms. The van der Waals surface area contributed by atoms with Crippen molar-refractivity contribution < 1.29 is 80.7 Å². The number of hydrogen-bond acceptors (Lipinski definition) is 4. The molecule has 0 unspecified atom stereocenters. The third-order valence-corrected chi connectivity index (χ3v) is 5.16. The summed E-state index contributed by atoms with van der Waals surface area (Å²) in [6, 6.07) is 0. The van der Waals surface area contributed by atoms with Gasteiger partial charge in [-0.05, 0) is 0 Å². The van der Waals surface area contributed by atoms with E-state index in [1.54, 1.807) is 32.4 Å². The van der Waals surface area contributed by atoms with E-state index < -0.39 is 5.97 Å². The zero-order valence-electron chi connectivity index (χ0n) is 6.40. The summed E-state index contributed by atoms with van der Waals surface area (Å²) in [6.45, 7) is 0. The summed E-state index contributed by atoms with van der Waals surface area (Å²) in [5.41, 5.74) is 0. The van der Waals surface area contributed by atoms with E-state index in [1.807, 2.05) is 0 Å². The first-order chi connectivity index (χ1) is 6.15. The summed E-state index contributed by atoms with van der Waals surface area (Å²) in [6.07, 6.45) is 0. The van der Waals surface area contributed by atoms with Gasteiger partial charge in [0.25, 0.3) is 0 Å². The van der Waals surface area contributed by atoms with E-state index in [2.05, 4.69) is 15.0 Å². The van der Waals surface area contributed by atoms with Gasteiger partial charge in [0.15, 0.2) is 0 Å². The molecule has 0 spiro atoms. The zero-order chi connectivity index (χ0) is 10.4. The Labute approximate surface area is 116 Å². The second-order valence-corrected chi connectivity index (χ2v) is 4.57. The van der Waals surface area contributed by atoms with Crippen LogP contribution in [0.15, 0.2) is 4.99 Å². The van der Waals surface area contributed by atoms with Gasteiger partial charge >= 0.3 is 118 Å². The number of ether oxygens (including phenoxy) is 1. The molecular formula is C5H4N2O2W4. The maximum absolute atomic E-state index is 10.9. The number of carbonyl (C=O) groups is 1. The summed E-state index contributed by atoms with van der Waals surface area (Å²) in [5, 5.41) is 2.87. The first-order valence-corrected chi connectivity index (χ1v) is 16.8. The van der Waals surface area contributed by atoms with E-state index in [9.17, 15) is 4.79 Å². The Bertz CT molecular complexity index is 288. The molecule has 0 bridgehead atoms. The number of methoxy groups -OCH3 is 1. The molecule has 0 fully saturated rings. The Morgan fingerprint density at radius 2 is 2.00 bits per heavy atom. The van der Waals surface area contributed by atoms with E-state index in [0.29, 0.717) is 5.84 Å². The predicted octanol–water partition coefficient (Wildman–Crippen LogP) is -1.49. The first-order valence-electron chi connectivity index (χ1n) is 2.84. The van der Waals surface area contributed by atoms with Crippen molar-refractivity contribution in [2.75, 3.05) is 7.11 Å². The van der Waals surface area contributed by atoms with Crippen LogP contribution in [0.4, 0.5) is 0 Å². The summed E-state index contributed by atoms with van der Waals surface area (Å²) < 4.78 is 6.45. The molecule has 0 saturated heterocycles. The monoisotopic (exact) mass is 860 g/mol. The summed E-state index contributed by atoms with van der Waals surface area (Å²) in [4.78, 5) is 14.9.